The maximum Gasteiger partial charge on any atom is 0.105 e. The molecule has 1 heterocycles. The van der Waals surface area contributed by atoms with E-state index in [9.17, 15) is 0 Å². The van der Waals surface area contributed by atoms with Crippen LogP contribution in [0.5, 0.6) is 0 Å². The zero-order valence-electron chi connectivity index (χ0n) is 6.55. The Bertz CT molecular complexity index is 140. The highest BCUT2D eigenvalue weighted by Crippen LogP contribution is 1.86. The van der Waals surface area contributed by atoms with Crippen molar-refractivity contribution < 1.29 is 0 Å². The molecule has 1 aromatic heterocycles. The molecule has 0 radical (unpaired) electrons. The van der Waals surface area contributed by atoms with Crippen LogP contribution in [-0.4, -0.2) is 9.55 Å². The fraction of sp³-hybridized carbons (Fsp3) is 0.625. The molecule has 0 saturated heterocycles. The van der Waals surface area contributed by atoms with Gasteiger partial charge < -0.3 is 4.57 Å². The van der Waals surface area contributed by atoms with E-state index in [1.165, 1.54) is 0 Å². The van der Waals surface area contributed by atoms with Crippen LogP contribution in [0.1, 0.15) is 27.1 Å². The van der Waals surface area contributed by atoms with Gasteiger partial charge in [-0.1, -0.05) is 21.3 Å². The Morgan fingerprint density at radius 1 is 1.40 bits per heavy atom. The van der Waals surface area contributed by atoms with Crippen molar-refractivity contribution in [2.75, 3.05) is 0 Å². The van der Waals surface area contributed by atoms with E-state index in [0.29, 0.717) is 0 Å². The molecule has 10 heavy (non-hydrogen) atoms. The van der Waals surface area contributed by atoms with E-state index < -0.39 is 0 Å². The molecule has 0 spiro atoms. The van der Waals surface area contributed by atoms with Crippen LogP contribution < -0.4 is 0 Å². The molecule has 2 nitrogen and oxygen atoms in total. The average Bonchev–Trinajstić information content (AvgIpc) is 2.23. The molecular weight excluding hydrogens is 124 g/mol. The Labute approximate surface area is 63.9 Å². The molecule has 0 atom stereocenters. The summed E-state index contributed by atoms with van der Waals surface area (Å²) in [6.45, 7) is 5.97. The lowest BCUT2D eigenvalue weighted by atomic mass is 10.7. The number of rotatable bonds is 0. The minimum atomic E-state index is 0. The van der Waals surface area contributed by atoms with Crippen molar-refractivity contribution in [1.29, 1.82) is 0 Å². The van der Waals surface area contributed by atoms with Gasteiger partial charge in [-0.05, 0) is 6.92 Å². The van der Waals surface area contributed by atoms with Gasteiger partial charge in [0.2, 0.25) is 0 Å². The lowest BCUT2D eigenvalue weighted by molar-refractivity contribution is 0.858. The number of nitrogens with zero attached hydrogens (tertiary/aromatic N) is 2. The SMILES string of the molecule is C.CC.Cc1nccn1C. The summed E-state index contributed by atoms with van der Waals surface area (Å²) in [6.07, 6.45) is 3.71. The van der Waals surface area contributed by atoms with Crippen LogP contribution in [0.3, 0.4) is 0 Å². The van der Waals surface area contributed by atoms with Crippen molar-refractivity contribution in [3.8, 4) is 0 Å². The van der Waals surface area contributed by atoms with Gasteiger partial charge in [0.05, 0.1) is 0 Å². The number of hydrogen-bond donors (Lipinski definition) is 0. The summed E-state index contributed by atoms with van der Waals surface area (Å²) < 4.78 is 1.97. The van der Waals surface area contributed by atoms with E-state index in [4.69, 9.17) is 0 Å². The second kappa shape index (κ2) is 6.33. The lowest BCUT2D eigenvalue weighted by Gasteiger charge is -1.87. The highest BCUT2D eigenvalue weighted by molar-refractivity contribution is 4.85. The largest absolute Gasteiger partial charge is 0.338 e. The Hall–Kier alpha value is -0.790. The zero-order chi connectivity index (χ0) is 7.28. The maximum atomic E-state index is 3.98. The molecule has 0 unspecified atom stereocenters. The van der Waals surface area contributed by atoms with Crippen LogP contribution >= 0.6 is 0 Å². The molecule has 0 bridgehead atoms. The third kappa shape index (κ3) is 3.28. The molecule has 1 rings (SSSR count). The molecular formula is C8H18N2. The van der Waals surface area contributed by atoms with Crippen LogP contribution in [0.2, 0.25) is 0 Å². The molecule has 0 aliphatic rings. The minimum absolute atomic E-state index is 0. The van der Waals surface area contributed by atoms with Gasteiger partial charge in [-0.15, -0.1) is 0 Å². The minimum Gasteiger partial charge on any atom is -0.338 e. The van der Waals surface area contributed by atoms with E-state index in [-0.39, 0.29) is 7.43 Å². The van der Waals surface area contributed by atoms with Crippen LogP contribution in [0.25, 0.3) is 0 Å². The Balaban J connectivity index is 0. The molecule has 0 fully saturated rings. The summed E-state index contributed by atoms with van der Waals surface area (Å²) in [4.78, 5) is 3.98. The van der Waals surface area contributed by atoms with Crippen LogP contribution in [-0.2, 0) is 7.05 Å². The Kier molecular flexibility index (Phi) is 7.56. The van der Waals surface area contributed by atoms with E-state index >= 15 is 0 Å². The molecule has 0 amide bonds. The molecule has 0 aromatic carbocycles. The predicted molar refractivity (Wildman–Crippen MR) is 46.0 cm³/mol. The first kappa shape index (κ1) is 11.9. The van der Waals surface area contributed by atoms with Gasteiger partial charge in [0, 0.05) is 19.4 Å². The number of aromatic nitrogens is 2. The summed E-state index contributed by atoms with van der Waals surface area (Å²) in [5.41, 5.74) is 0. The van der Waals surface area contributed by atoms with E-state index in [0.717, 1.165) is 5.82 Å². The van der Waals surface area contributed by atoms with Gasteiger partial charge in [-0.2, -0.15) is 0 Å². The average molecular weight is 142 g/mol. The zero-order valence-corrected chi connectivity index (χ0v) is 6.55. The Morgan fingerprint density at radius 2 is 1.90 bits per heavy atom. The van der Waals surface area contributed by atoms with Gasteiger partial charge in [0.15, 0.2) is 0 Å². The molecule has 0 saturated carbocycles. The Morgan fingerprint density at radius 3 is 2.00 bits per heavy atom. The van der Waals surface area contributed by atoms with E-state index in [2.05, 4.69) is 4.98 Å². The van der Waals surface area contributed by atoms with Crippen molar-refractivity contribution in [1.82, 2.24) is 9.55 Å². The van der Waals surface area contributed by atoms with Gasteiger partial charge >= 0.3 is 0 Å². The molecule has 0 aliphatic heterocycles. The van der Waals surface area contributed by atoms with Crippen LogP contribution in [0.15, 0.2) is 12.4 Å². The molecule has 0 aliphatic carbocycles. The molecule has 0 N–H and O–H groups in total. The normalized spacial score (nSPS) is 7.20. The van der Waals surface area contributed by atoms with Crippen molar-refractivity contribution in [3.05, 3.63) is 18.2 Å². The highest BCUT2D eigenvalue weighted by atomic mass is 15.0. The summed E-state index contributed by atoms with van der Waals surface area (Å²) in [6, 6.07) is 0. The third-order valence-corrected chi connectivity index (χ3v) is 1.06. The number of hydrogen-bond acceptors (Lipinski definition) is 1. The third-order valence-electron chi connectivity index (χ3n) is 1.06. The maximum absolute atomic E-state index is 3.98. The van der Waals surface area contributed by atoms with Crippen molar-refractivity contribution in [3.63, 3.8) is 0 Å². The lowest BCUT2D eigenvalue weighted by Crippen LogP contribution is -1.86. The second-order valence-electron chi connectivity index (χ2n) is 1.59. The second-order valence-corrected chi connectivity index (χ2v) is 1.59. The predicted octanol–water partition coefficient (Wildman–Crippen LogP) is 2.39. The first-order valence-electron chi connectivity index (χ1n) is 3.24. The van der Waals surface area contributed by atoms with Crippen molar-refractivity contribution in [2.24, 2.45) is 7.05 Å². The fourth-order valence-electron chi connectivity index (χ4n) is 0.440. The van der Waals surface area contributed by atoms with Crippen molar-refractivity contribution in [2.45, 2.75) is 28.2 Å². The quantitative estimate of drug-likeness (QED) is 0.544. The molecule has 2 heteroatoms. The number of aryl methyl sites for hydroxylation is 2. The standard InChI is InChI=1S/C5H8N2.C2H6.CH4/c1-5-6-3-4-7(5)2;1-2;/h3-4H,1-2H3;1-2H3;1H4. The fourth-order valence-corrected chi connectivity index (χ4v) is 0.440. The summed E-state index contributed by atoms with van der Waals surface area (Å²) >= 11 is 0. The van der Waals surface area contributed by atoms with Crippen LogP contribution in [0.4, 0.5) is 0 Å². The monoisotopic (exact) mass is 142 g/mol. The van der Waals surface area contributed by atoms with Gasteiger partial charge in [-0.25, -0.2) is 4.98 Å². The van der Waals surface area contributed by atoms with Crippen molar-refractivity contribution >= 4 is 0 Å². The summed E-state index contributed by atoms with van der Waals surface area (Å²) in [5, 5.41) is 0. The van der Waals surface area contributed by atoms with Gasteiger partial charge in [0.1, 0.15) is 5.82 Å². The number of imidazole rings is 1. The topological polar surface area (TPSA) is 17.8 Å². The van der Waals surface area contributed by atoms with E-state index in [1.807, 2.05) is 38.6 Å². The first-order valence-corrected chi connectivity index (χ1v) is 3.24. The van der Waals surface area contributed by atoms with Gasteiger partial charge in [-0.3, -0.25) is 0 Å². The van der Waals surface area contributed by atoms with Gasteiger partial charge in [0.25, 0.3) is 0 Å². The highest BCUT2D eigenvalue weighted by Gasteiger charge is 1.83. The van der Waals surface area contributed by atoms with E-state index in [1.54, 1.807) is 6.20 Å². The smallest absolute Gasteiger partial charge is 0.105 e. The van der Waals surface area contributed by atoms with Crippen LogP contribution in [0, 0.1) is 6.92 Å². The molecule has 1 aromatic rings. The molecule has 60 valence electrons. The first-order chi connectivity index (χ1) is 4.30. The summed E-state index contributed by atoms with van der Waals surface area (Å²) in [7, 11) is 1.97. The summed E-state index contributed by atoms with van der Waals surface area (Å²) in [5.74, 6) is 1.06.